The van der Waals surface area contributed by atoms with Gasteiger partial charge < -0.3 is 9.52 Å². The quantitative estimate of drug-likeness (QED) is 0.899. The van der Waals surface area contributed by atoms with Crippen molar-refractivity contribution in [2.24, 2.45) is 0 Å². The molecule has 0 saturated heterocycles. The van der Waals surface area contributed by atoms with E-state index in [0.29, 0.717) is 5.56 Å². The van der Waals surface area contributed by atoms with Gasteiger partial charge in [-0.25, -0.2) is 4.79 Å². The molecular formula is C15H16O3. The van der Waals surface area contributed by atoms with Crippen molar-refractivity contribution in [3.05, 3.63) is 64.2 Å². The molecule has 1 aromatic heterocycles. The highest BCUT2D eigenvalue weighted by Crippen LogP contribution is 2.27. The van der Waals surface area contributed by atoms with Crippen LogP contribution in [0.3, 0.4) is 0 Å². The third-order valence-corrected chi connectivity index (χ3v) is 3.12. The predicted octanol–water partition coefficient (Wildman–Crippen LogP) is 3.08. The molecule has 0 radical (unpaired) electrons. The minimum absolute atomic E-state index is 0.0223. The Balaban J connectivity index is 2.32. The Morgan fingerprint density at radius 2 is 1.94 bits per heavy atom. The van der Waals surface area contributed by atoms with Crippen molar-refractivity contribution in [1.29, 1.82) is 0 Å². The van der Waals surface area contributed by atoms with Crippen molar-refractivity contribution in [3.63, 3.8) is 0 Å². The highest BCUT2D eigenvalue weighted by atomic mass is 16.4. The molecule has 1 aromatic carbocycles. The van der Waals surface area contributed by atoms with Crippen LogP contribution in [0.1, 0.15) is 30.4 Å². The normalized spacial score (nSPS) is 12.3. The third-order valence-electron chi connectivity index (χ3n) is 3.12. The second-order valence-corrected chi connectivity index (χ2v) is 4.30. The van der Waals surface area contributed by atoms with Crippen LogP contribution in [0, 0.1) is 0 Å². The molecule has 0 aliphatic rings. The molecule has 3 nitrogen and oxygen atoms in total. The number of hydrogen-bond acceptors (Lipinski definition) is 3. The topological polar surface area (TPSA) is 50.4 Å². The van der Waals surface area contributed by atoms with Crippen LogP contribution in [-0.4, -0.2) is 5.11 Å². The molecule has 1 N–H and O–H groups in total. The van der Waals surface area contributed by atoms with E-state index in [1.807, 2.05) is 37.3 Å². The van der Waals surface area contributed by atoms with Gasteiger partial charge in [0.1, 0.15) is 5.75 Å². The summed E-state index contributed by atoms with van der Waals surface area (Å²) in [6, 6.07) is 11.3. The van der Waals surface area contributed by atoms with Crippen molar-refractivity contribution >= 4 is 0 Å². The van der Waals surface area contributed by atoms with E-state index in [9.17, 15) is 9.90 Å². The Labute approximate surface area is 106 Å². The molecule has 1 unspecified atom stereocenters. The van der Waals surface area contributed by atoms with Crippen LogP contribution in [0.5, 0.6) is 5.75 Å². The lowest BCUT2D eigenvalue weighted by Crippen LogP contribution is -2.14. The van der Waals surface area contributed by atoms with Crippen molar-refractivity contribution in [2.45, 2.75) is 25.7 Å². The first kappa shape index (κ1) is 12.4. The van der Waals surface area contributed by atoms with E-state index in [1.54, 1.807) is 0 Å². The van der Waals surface area contributed by atoms with E-state index in [0.717, 1.165) is 18.4 Å². The Morgan fingerprint density at radius 3 is 2.56 bits per heavy atom. The van der Waals surface area contributed by atoms with Gasteiger partial charge in [0, 0.05) is 6.07 Å². The Hall–Kier alpha value is -2.03. The van der Waals surface area contributed by atoms with Gasteiger partial charge in [-0.05, 0) is 24.3 Å². The minimum Gasteiger partial charge on any atom is -0.507 e. The first-order chi connectivity index (χ1) is 8.72. The number of benzene rings is 1. The summed E-state index contributed by atoms with van der Waals surface area (Å²) < 4.78 is 4.84. The van der Waals surface area contributed by atoms with Gasteiger partial charge in [0.05, 0.1) is 11.8 Å². The van der Waals surface area contributed by atoms with Crippen LogP contribution in [-0.2, 0) is 6.42 Å². The summed E-state index contributed by atoms with van der Waals surface area (Å²) in [5.74, 6) is -0.00104. The van der Waals surface area contributed by atoms with Gasteiger partial charge in [0.25, 0.3) is 0 Å². The second-order valence-electron chi connectivity index (χ2n) is 4.30. The molecule has 0 saturated carbocycles. The minimum atomic E-state index is -0.446. The largest absolute Gasteiger partial charge is 0.507 e. The van der Waals surface area contributed by atoms with Gasteiger partial charge >= 0.3 is 5.63 Å². The lowest BCUT2D eigenvalue weighted by atomic mass is 9.90. The van der Waals surface area contributed by atoms with Crippen molar-refractivity contribution in [1.82, 2.24) is 0 Å². The van der Waals surface area contributed by atoms with Crippen LogP contribution >= 0.6 is 0 Å². The standard InChI is InChI=1S/C15H16O3/c1-2-12(10-11-6-4-3-5-7-11)14-13(16)8-9-18-15(14)17/h3-9,12,16H,2,10H2,1H3. The molecular weight excluding hydrogens is 228 g/mol. The maximum absolute atomic E-state index is 11.7. The zero-order valence-corrected chi connectivity index (χ0v) is 10.3. The average molecular weight is 244 g/mol. The summed E-state index contributed by atoms with van der Waals surface area (Å²) in [4.78, 5) is 11.7. The van der Waals surface area contributed by atoms with Gasteiger partial charge in [-0.3, -0.25) is 0 Å². The van der Waals surface area contributed by atoms with Gasteiger partial charge in [-0.15, -0.1) is 0 Å². The van der Waals surface area contributed by atoms with Crippen molar-refractivity contribution in [3.8, 4) is 5.75 Å². The molecule has 0 spiro atoms. The maximum Gasteiger partial charge on any atom is 0.342 e. The molecule has 1 atom stereocenters. The number of rotatable bonds is 4. The van der Waals surface area contributed by atoms with Crippen LogP contribution < -0.4 is 5.63 Å². The van der Waals surface area contributed by atoms with E-state index >= 15 is 0 Å². The van der Waals surface area contributed by atoms with Crippen LogP contribution in [0.4, 0.5) is 0 Å². The van der Waals surface area contributed by atoms with Crippen molar-refractivity contribution < 1.29 is 9.52 Å². The Morgan fingerprint density at radius 1 is 1.22 bits per heavy atom. The van der Waals surface area contributed by atoms with Crippen molar-refractivity contribution in [2.75, 3.05) is 0 Å². The fraction of sp³-hybridized carbons (Fsp3) is 0.267. The predicted molar refractivity (Wildman–Crippen MR) is 69.8 cm³/mol. The first-order valence-corrected chi connectivity index (χ1v) is 6.07. The zero-order chi connectivity index (χ0) is 13.0. The van der Waals surface area contributed by atoms with E-state index < -0.39 is 5.63 Å². The summed E-state index contributed by atoms with van der Waals surface area (Å²) in [6.07, 6.45) is 2.72. The van der Waals surface area contributed by atoms with Gasteiger partial charge in [0.2, 0.25) is 0 Å². The zero-order valence-electron chi connectivity index (χ0n) is 10.3. The summed E-state index contributed by atoms with van der Waals surface area (Å²) in [6.45, 7) is 2.00. The first-order valence-electron chi connectivity index (χ1n) is 6.07. The molecule has 0 amide bonds. The van der Waals surface area contributed by atoms with E-state index in [1.165, 1.54) is 12.3 Å². The fourth-order valence-electron chi connectivity index (χ4n) is 2.14. The summed E-state index contributed by atoms with van der Waals surface area (Å²) in [7, 11) is 0. The highest BCUT2D eigenvalue weighted by Gasteiger charge is 2.19. The Bertz CT molecular complexity index is 557. The SMILES string of the molecule is CCC(Cc1ccccc1)c1c(O)ccoc1=O. The van der Waals surface area contributed by atoms with E-state index in [2.05, 4.69) is 0 Å². The molecule has 2 rings (SSSR count). The molecule has 2 aromatic rings. The van der Waals surface area contributed by atoms with Gasteiger partial charge in [0.15, 0.2) is 0 Å². The maximum atomic E-state index is 11.7. The molecule has 18 heavy (non-hydrogen) atoms. The lowest BCUT2D eigenvalue weighted by molar-refractivity contribution is 0.421. The number of hydrogen-bond donors (Lipinski definition) is 1. The summed E-state index contributed by atoms with van der Waals surface area (Å²) in [5.41, 5.74) is 1.08. The Kier molecular flexibility index (Phi) is 3.82. The molecule has 1 heterocycles. The molecule has 94 valence electrons. The van der Waals surface area contributed by atoms with E-state index in [4.69, 9.17) is 4.42 Å². The van der Waals surface area contributed by atoms with Crippen LogP contribution in [0.15, 0.2) is 51.9 Å². The fourth-order valence-corrected chi connectivity index (χ4v) is 2.14. The molecule has 0 aliphatic carbocycles. The molecule has 3 heteroatoms. The van der Waals surface area contributed by atoms with Gasteiger partial charge in [-0.2, -0.15) is 0 Å². The average Bonchev–Trinajstić information content (AvgIpc) is 2.38. The summed E-state index contributed by atoms with van der Waals surface area (Å²) in [5, 5.41) is 9.81. The van der Waals surface area contributed by atoms with Crippen LogP contribution in [0.25, 0.3) is 0 Å². The smallest absolute Gasteiger partial charge is 0.342 e. The number of aromatic hydroxyl groups is 1. The highest BCUT2D eigenvalue weighted by molar-refractivity contribution is 5.32. The monoisotopic (exact) mass is 244 g/mol. The van der Waals surface area contributed by atoms with Crippen LogP contribution in [0.2, 0.25) is 0 Å². The van der Waals surface area contributed by atoms with Gasteiger partial charge in [-0.1, -0.05) is 37.3 Å². The molecule has 0 aliphatic heterocycles. The summed E-state index contributed by atoms with van der Waals surface area (Å²) >= 11 is 0. The lowest BCUT2D eigenvalue weighted by Gasteiger charge is -2.14. The second kappa shape index (κ2) is 5.54. The molecule has 0 bridgehead atoms. The molecule has 0 fully saturated rings. The third kappa shape index (κ3) is 2.62. The van der Waals surface area contributed by atoms with E-state index in [-0.39, 0.29) is 11.7 Å².